The first-order chi connectivity index (χ1) is 13.3. The Labute approximate surface area is 160 Å². The van der Waals surface area contributed by atoms with Crippen LogP contribution >= 0.6 is 11.3 Å². The van der Waals surface area contributed by atoms with Gasteiger partial charge in [-0.3, -0.25) is 9.89 Å². The largest absolute Gasteiger partial charge is 0.347 e. The Morgan fingerprint density at radius 3 is 2.81 bits per heavy atom. The fourth-order valence-corrected chi connectivity index (χ4v) is 3.70. The molecule has 0 bridgehead atoms. The van der Waals surface area contributed by atoms with Crippen LogP contribution in [0.3, 0.4) is 0 Å². The van der Waals surface area contributed by atoms with E-state index in [2.05, 4.69) is 15.5 Å². The maximum atomic E-state index is 12.1. The number of quaternary nitrogens is 1. The molecule has 4 N–H and O–H groups in total. The molecule has 4 aromatic rings. The third kappa shape index (κ3) is 3.60. The van der Waals surface area contributed by atoms with Crippen molar-refractivity contribution >= 4 is 28.1 Å². The van der Waals surface area contributed by atoms with E-state index in [9.17, 15) is 4.79 Å². The predicted octanol–water partition coefficient (Wildman–Crippen LogP) is 2.28. The lowest BCUT2D eigenvalue weighted by atomic mass is 10.1. The van der Waals surface area contributed by atoms with Crippen LogP contribution in [0.5, 0.6) is 0 Å². The van der Waals surface area contributed by atoms with Crippen molar-refractivity contribution in [3.05, 3.63) is 59.5 Å². The van der Waals surface area contributed by atoms with E-state index in [0.29, 0.717) is 12.1 Å². The molecule has 2 heterocycles. The van der Waals surface area contributed by atoms with Crippen LogP contribution in [0.2, 0.25) is 0 Å². The molecule has 0 spiro atoms. The van der Waals surface area contributed by atoms with Crippen molar-refractivity contribution in [3.63, 3.8) is 0 Å². The monoisotopic (exact) mass is 378 g/mol. The van der Waals surface area contributed by atoms with Crippen molar-refractivity contribution in [2.45, 2.75) is 0 Å². The third-order valence-corrected chi connectivity index (χ3v) is 5.19. The molecule has 2 aromatic carbocycles. The van der Waals surface area contributed by atoms with Crippen LogP contribution in [-0.2, 0) is 0 Å². The molecule has 0 atom stereocenters. The molecule has 0 saturated carbocycles. The zero-order chi connectivity index (χ0) is 18.6. The van der Waals surface area contributed by atoms with Crippen molar-refractivity contribution < 1.29 is 10.1 Å². The number of benzene rings is 2. The van der Waals surface area contributed by atoms with Gasteiger partial charge in [0.2, 0.25) is 0 Å². The van der Waals surface area contributed by atoms with E-state index in [1.807, 2.05) is 66.3 Å². The Kier molecular flexibility index (Phi) is 4.95. The average molecular weight is 378 g/mol. The molecule has 7 heteroatoms. The van der Waals surface area contributed by atoms with E-state index in [0.717, 1.165) is 39.4 Å². The first-order valence-corrected chi connectivity index (χ1v) is 9.69. The number of thiazole rings is 1. The van der Waals surface area contributed by atoms with Crippen LogP contribution in [-0.4, -0.2) is 41.2 Å². The Morgan fingerprint density at radius 1 is 1.19 bits per heavy atom. The summed E-state index contributed by atoms with van der Waals surface area (Å²) in [6.07, 6.45) is 0. The van der Waals surface area contributed by atoms with Gasteiger partial charge < -0.3 is 10.6 Å². The minimum Gasteiger partial charge on any atom is -0.347 e. The van der Waals surface area contributed by atoms with Gasteiger partial charge in [-0.25, -0.2) is 4.98 Å². The number of aromatic nitrogens is 3. The van der Waals surface area contributed by atoms with E-state index >= 15 is 0 Å². The molecule has 0 aliphatic heterocycles. The standard InChI is InChI=1S/C20H19N5OS/c1-21-10-11-22-19(26)14-8-6-13(7-9-14)17-12-27-20(23-17)18-15-4-2-3-5-16(15)24-25-18/h2-9,12,21H,10-11H2,1H3,(H,22,26)(H,24,25)/p+1. The summed E-state index contributed by atoms with van der Waals surface area (Å²) in [7, 11) is 1.98. The highest BCUT2D eigenvalue weighted by molar-refractivity contribution is 7.13. The highest BCUT2D eigenvalue weighted by Gasteiger charge is 2.13. The number of nitrogens with zero attached hydrogens (tertiary/aromatic N) is 2. The Balaban J connectivity index is 1.54. The maximum absolute atomic E-state index is 12.1. The van der Waals surface area contributed by atoms with Gasteiger partial charge >= 0.3 is 0 Å². The molecule has 4 rings (SSSR count). The molecule has 0 unspecified atom stereocenters. The molecule has 1 amide bonds. The number of aromatic amines is 1. The van der Waals surface area contributed by atoms with Crippen molar-refractivity contribution in [1.82, 2.24) is 20.5 Å². The number of nitrogens with one attached hydrogen (secondary N) is 2. The number of nitrogens with two attached hydrogens (primary N) is 1. The number of rotatable bonds is 6. The molecular weight excluding hydrogens is 358 g/mol. The van der Waals surface area contributed by atoms with Gasteiger partial charge in [0.15, 0.2) is 0 Å². The summed E-state index contributed by atoms with van der Waals surface area (Å²) >= 11 is 1.56. The number of fused-ring (bicyclic) bond motifs is 1. The minimum absolute atomic E-state index is 0.0506. The van der Waals surface area contributed by atoms with Crippen LogP contribution in [0.4, 0.5) is 0 Å². The van der Waals surface area contributed by atoms with Gasteiger partial charge in [0.05, 0.1) is 31.3 Å². The van der Waals surface area contributed by atoms with Gasteiger partial charge in [-0.05, 0) is 18.2 Å². The van der Waals surface area contributed by atoms with Crippen LogP contribution in [0.1, 0.15) is 10.4 Å². The summed E-state index contributed by atoms with van der Waals surface area (Å²) in [5, 5.41) is 16.4. The minimum atomic E-state index is -0.0506. The number of para-hydroxylation sites is 1. The smallest absolute Gasteiger partial charge is 0.251 e. The fraction of sp³-hybridized carbons (Fsp3) is 0.150. The lowest BCUT2D eigenvalue weighted by molar-refractivity contribution is -0.624. The molecule has 136 valence electrons. The van der Waals surface area contributed by atoms with Gasteiger partial charge in [-0.1, -0.05) is 30.3 Å². The van der Waals surface area contributed by atoms with E-state index in [1.54, 1.807) is 11.3 Å². The first-order valence-electron chi connectivity index (χ1n) is 8.81. The van der Waals surface area contributed by atoms with Crippen LogP contribution in [0.15, 0.2) is 53.9 Å². The summed E-state index contributed by atoms with van der Waals surface area (Å²) in [5.41, 5.74) is 4.39. The molecular formula is C20H20N5OS+. The van der Waals surface area contributed by atoms with E-state index in [4.69, 9.17) is 4.98 Å². The molecule has 0 aliphatic carbocycles. The second-order valence-electron chi connectivity index (χ2n) is 6.19. The normalized spacial score (nSPS) is 11.0. The molecule has 0 saturated heterocycles. The number of hydrogen-bond acceptors (Lipinski definition) is 4. The third-order valence-electron chi connectivity index (χ3n) is 4.34. The highest BCUT2D eigenvalue weighted by Crippen LogP contribution is 2.31. The van der Waals surface area contributed by atoms with Crippen molar-refractivity contribution in [3.8, 4) is 22.0 Å². The zero-order valence-electron chi connectivity index (χ0n) is 14.9. The molecule has 6 nitrogen and oxygen atoms in total. The molecule has 0 aliphatic rings. The molecule has 0 fully saturated rings. The van der Waals surface area contributed by atoms with Crippen LogP contribution in [0.25, 0.3) is 32.9 Å². The predicted molar refractivity (Wildman–Crippen MR) is 108 cm³/mol. The lowest BCUT2D eigenvalue weighted by Crippen LogP contribution is -2.81. The van der Waals surface area contributed by atoms with E-state index in [-0.39, 0.29) is 5.91 Å². The number of likely N-dealkylation sites (N-methyl/N-ethyl adjacent to an activating group) is 1. The number of H-pyrrole nitrogens is 1. The Morgan fingerprint density at radius 2 is 2.00 bits per heavy atom. The average Bonchev–Trinajstić information content (AvgIpc) is 3.35. The summed E-state index contributed by atoms with van der Waals surface area (Å²) in [6, 6.07) is 15.6. The van der Waals surface area contributed by atoms with Crippen molar-refractivity contribution in [1.29, 1.82) is 0 Å². The Hall–Kier alpha value is -3.03. The van der Waals surface area contributed by atoms with Gasteiger partial charge in [0.25, 0.3) is 5.91 Å². The number of hydrogen-bond donors (Lipinski definition) is 3. The van der Waals surface area contributed by atoms with E-state index in [1.165, 1.54) is 0 Å². The van der Waals surface area contributed by atoms with Gasteiger partial charge in [0, 0.05) is 21.9 Å². The van der Waals surface area contributed by atoms with Gasteiger partial charge in [-0.2, -0.15) is 5.10 Å². The van der Waals surface area contributed by atoms with E-state index < -0.39 is 0 Å². The zero-order valence-corrected chi connectivity index (χ0v) is 15.7. The topological polar surface area (TPSA) is 87.3 Å². The summed E-state index contributed by atoms with van der Waals surface area (Å²) < 4.78 is 0. The molecule has 0 radical (unpaired) electrons. The first kappa shape index (κ1) is 17.4. The lowest BCUT2D eigenvalue weighted by Gasteiger charge is -2.04. The van der Waals surface area contributed by atoms with Crippen LogP contribution in [0, 0.1) is 0 Å². The number of amides is 1. The second-order valence-corrected chi connectivity index (χ2v) is 7.04. The van der Waals surface area contributed by atoms with Crippen molar-refractivity contribution in [2.75, 3.05) is 20.1 Å². The summed E-state index contributed by atoms with van der Waals surface area (Å²) in [6.45, 7) is 1.53. The SMILES string of the molecule is C[NH2+]CCNC(=O)c1ccc(-c2csc(-c3n[nH]c4ccccc34)n2)cc1. The fourth-order valence-electron chi connectivity index (χ4n) is 2.87. The maximum Gasteiger partial charge on any atom is 0.251 e. The van der Waals surface area contributed by atoms with Gasteiger partial charge in [-0.15, -0.1) is 11.3 Å². The van der Waals surface area contributed by atoms with Gasteiger partial charge in [0.1, 0.15) is 10.7 Å². The highest BCUT2D eigenvalue weighted by atomic mass is 32.1. The second kappa shape index (κ2) is 7.69. The molecule has 27 heavy (non-hydrogen) atoms. The van der Waals surface area contributed by atoms with Crippen LogP contribution < -0.4 is 10.6 Å². The summed E-state index contributed by atoms with van der Waals surface area (Å²) in [5.74, 6) is -0.0506. The Bertz CT molecular complexity index is 1070. The summed E-state index contributed by atoms with van der Waals surface area (Å²) in [4.78, 5) is 16.8. The number of carbonyl (C=O) groups excluding carboxylic acids is 1. The molecule has 2 aromatic heterocycles. The quantitative estimate of drug-likeness (QED) is 0.450. The van der Waals surface area contributed by atoms with Crippen molar-refractivity contribution in [2.24, 2.45) is 0 Å². The number of carbonyl (C=O) groups is 1.